The first-order valence-corrected chi connectivity index (χ1v) is 10.5. The first kappa shape index (κ1) is 22.4. The first-order valence-electron chi connectivity index (χ1n) is 10.5. The third-order valence-electron chi connectivity index (χ3n) is 5.22. The number of aromatic nitrogens is 2. The minimum atomic E-state index is -0.247. The number of carbonyl (C=O) groups excluding carboxylic acids is 1. The van der Waals surface area contributed by atoms with Crippen LogP contribution in [0.1, 0.15) is 55.7 Å². The molecule has 3 rings (SSSR count). The largest absolute Gasteiger partial charge is 0.497 e. The van der Waals surface area contributed by atoms with E-state index in [1.807, 2.05) is 0 Å². The maximum Gasteiger partial charge on any atom is 0.256 e. The molecule has 6 heteroatoms. The molecule has 2 N–H and O–H groups in total. The van der Waals surface area contributed by atoms with Crippen LogP contribution in [0.4, 0.5) is 5.69 Å². The molecule has 31 heavy (non-hydrogen) atoms. The number of hydrogen-bond donors (Lipinski definition) is 2. The van der Waals surface area contributed by atoms with E-state index < -0.39 is 0 Å². The molecule has 164 valence electrons. The number of anilines is 1. The predicted molar refractivity (Wildman–Crippen MR) is 124 cm³/mol. The van der Waals surface area contributed by atoms with Gasteiger partial charge in [0.1, 0.15) is 17.2 Å². The van der Waals surface area contributed by atoms with Gasteiger partial charge in [-0.3, -0.25) is 9.89 Å². The van der Waals surface area contributed by atoms with E-state index in [2.05, 4.69) is 67.5 Å². The van der Waals surface area contributed by atoms with E-state index in [1.54, 1.807) is 32.4 Å². The molecule has 0 aliphatic carbocycles. The van der Waals surface area contributed by atoms with E-state index in [0.717, 1.165) is 29.8 Å². The van der Waals surface area contributed by atoms with Crippen LogP contribution in [-0.2, 0) is 11.8 Å². The van der Waals surface area contributed by atoms with Gasteiger partial charge in [0.15, 0.2) is 0 Å². The van der Waals surface area contributed by atoms with Crippen LogP contribution in [0.5, 0.6) is 11.5 Å². The SMILES string of the molecule is CCCc1[nH]nc(-c2ccc(C(C)(C)C)cc2)c1NC(=O)c1cc(OC)cc(OC)c1. The van der Waals surface area contributed by atoms with Crippen LogP contribution >= 0.6 is 0 Å². The van der Waals surface area contributed by atoms with Crippen molar-refractivity contribution < 1.29 is 14.3 Å². The van der Waals surface area contributed by atoms with Gasteiger partial charge in [0.2, 0.25) is 0 Å². The van der Waals surface area contributed by atoms with Crippen molar-refractivity contribution in [1.29, 1.82) is 0 Å². The third kappa shape index (κ3) is 5.08. The van der Waals surface area contributed by atoms with Gasteiger partial charge in [-0.2, -0.15) is 5.10 Å². The van der Waals surface area contributed by atoms with E-state index in [4.69, 9.17) is 9.47 Å². The summed E-state index contributed by atoms with van der Waals surface area (Å²) >= 11 is 0. The van der Waals surface area contributed by atoms with E-state index in [0.29, 0.717) is 22.7 Å². The van der Waals surface area contributed by atoms with Gasteiger partial charge in [0, 0.05) is 17.2 Å². The highest BCUT2D eigenvalue weighted by Gasteiger charge is 2.20. The number of aromatic amines is 1. The van der Waals surface area contributed by atoms with Crippen LogP contribution in [-0.4, -0.2) is 30.3 Å². The average Bonchev–Trinajstić information content (AvgIpc) is 3.15. The Hall–Kier alpha value is -3.28. The maximum absolute atomic E-state index is 13.1. The third-order valence-corrected chi connectivity index (χ3v) is 5.22. The number of carbonyl (C=O) groups is 1. The topological polar surface area (TPSA) is 76.2 Å². The number of benzene rings is 2. The lowest BCUT2D eigenvalue weighted by Gasteiger charge is -2.19. The Balaban J connectivity index is 1.97. The Morgan fingerprint density at radius 1 is 1.03 bits per heavy atom. The molecule has 1 aromatic heterocycles. The molecular weight excluding hydrogens is 390 g/mol. The number of ether oxygens (including phenoxy) is 2. The highest BCUT2D eigenvalue weighted by molar-refractivity contribution is 6.06. The number of nitrogens with one attached hydrogen (secondary N) is 2. The van der Waals surface area contributed by atoms with Crippen molar-refractivity contribution in [3.8, 4) is 22.8 Å². The predicted octanol–water partition coefficient (Wildman–Crippen LogP) is 5.60. The number of methoxy groups -OCH3 is 2. The maximum atomic E-state index is 13.1. The molecule has 0 fully saturated rings. The zero-order chi connectivity index (χ0) is 22.6. The van der Waals surface area contributed by atoms with Gasteiger partial charge < -0.3 is 14.8 Å². The minimum Gasteiger partial charge on any atom is -0.497 e. The second kappa shape index (κ2) is 9.25. The van der Waals surface area contributed by atoms with E-state index in [-0.39, 0.29) is 11.3 Å². The van der Waals surface area contributed by atoms with Crippen LogP contribution in [0.2, 0.25) is 0 Å². The van der Waals surface area contributed by atoms with Crippen LogP contribution < -0.4 is 14.8 Å². The standard InChI is InChI=1S/C25H31N3O3/c1-7-8-21-23(26-24(29)17-13-19(30-5)15-20(14-17)31-6)22(28-27-21)16-9-11-18(12-10-16)25(2,3)4/h9-15H,7-8H2,1-6H3,(H,26,29)(H,27,28). The summed E-state index contributed by atoms with van der Waals surface area (Å²) < 4.78 is 10.6. The summed E-state index contributed by atoms with van der Waals surface area (Å²) in [5.41, 5.74) is 5.05. The Kier molecular flexibility index (Phi) is 6.68. The Bertz CT molecular complexity index is 1020. The lowest BCUT2D eigenvalue weighted by Crippen LogP contribution is -2.14. The average molecular weight is 422 g/mol. The highest BCUT2D eigenvalue weighted by Crippen LogP contribution is 2.32. The number of rotatable bonds is 7. The highest BCUT2D eigenvalue weighted by atomic mass is 16.5. The number of aryl methyl sites for hydroxylation is 1. The van der Waals surface area contributed by atoms with Crippen molar-refractivity contribution >= 4 is 11.6 Å². The van der Waals surface area contributed by atoms with Crippen molar-refractivity contribution in [2.24, 2.45) is 0 Å². The molecule has 0 saturated heterocycles. The van der Waals surface area contributed by atoms with E-state index in [9.17, 15) is 4.79 Å². The summed E-state index contributed by atoms with van der Waals surface area (Å²) in [7, 11) is 3.12. The van der Waals surface area contributed by atoms with Gasteiger partial charge in [0.05, 0.1) is 25.6 Å². The molecule has 0 spiro atoms. The lowest BCUT2D eigenvalue weighted by atomic mass is 9.86. The van der Waals surface area contributed by atoms with Gasteiger partial charge >= 0.3 is 0 Å². The molecule has 0 aliphatic rings. The number of amides is 1. The van der Waals surface area contributed by atoms with E-state index in [1.165, 1.54) is 5.56 Å². The Morgan fingerprint density at radius 2 is 1.65 bits per heavy atom. The summed E-state index contributed by atoms with van der Waals surface area (Å²) in [6.45, 7) is 8.65. The zero-order valence-electron chi connectivity index (χ0n) is 19.1. The molecule has 1 heterocycles. The fourth-order valence-electron chi connectivity index (χ4n) is 3.40. The van der Waals surface area contributed by atoms with Crippen molar-refractivity contribution in [2.45, 2.75) is 46.0 Å². The number of nitrogens with zero attached hydrogens (tertiary/aromatic N) is 1. The molecule has 0 bridgehead atoms. The zero-order valence-corrected chi connectivity index (χ0v) is 19.1. The molecule has 0 radical (unpaired) electrons. The van der Waals surface area contributed by atoms with Crippen LogP contribution in [0.15, 0.2) is 42.5 Å². The number of hydrogen-bond acceptors (Lipinski definition) is 4. The molecule has 0 unspecified atom stereocenters. The Morgan fingerprint density at radius 3 is 2.16 bits per heavy atom. The monoisotopic (exact) mass is 421 g/mol. The Labute approximate surface area is 184 Å². The summed E-state index contributed by atoms with van der Waals surface area (Å²) in [6.07, 6.45) is 1.71. The molecule has 1 amide bonds. The molecule has 0 saturated carbocycles. The molecule has 0 atom stereocenters. The van der Waals surface area contributed by atoms with Crippen molar-refractivity contribution in [1.82, 2.24) is 10.2 Å². The molecular formula is C25H31N3O3. The minimum absolute atomic E-state index is 0.0694. The van der Waals surface area contributed by atoms with Crippen LogP contribution in [0.25, 0.3) is 11.3 Å². The molecule has 3 aromatic rings. The molecule has 2 aromatic carbocycles. The first-order chi connectivity index (χ1) is 14.8. The second-order valence-electron chi connectivity index (χ2n) is 8.56. The van der Waals surface area contributed by atoms with Crippen molar-refractivity contribution in [3.05, 3.63) is 59.3 Å². The van der Waals surface area contributed by atoms with Gasteiger partial charge in [-0.15, -0.1) is 0 Å². The molecule has 0 aliphatic heterocycles. The molecule has 6 nitrogen and oxygen atoms in total. The van der Waals surface area contributed by atoms with Gasteiger partial charge in [0.25, 0.3) is 5.91 Å². The summed E-state index contributed by atoms with van der Waals surface area (Å²) in [4.78, 5) is 13.1. The fourth-order valence-corrected chi connectivity index (χ4v) is 3.40. The van der Waals surface area contributed by atoms with Crippen LogP contribution in [0.3, 0.4) is 0 Å². The van der Waals surface area contributed by atoms with Crippen molar-refractivity contribution in [3.63, 3.8) is 0 Å². The lowest BCUT2D eigenvalue weighted by molar-refractivity contribution is 0.102. The fraction of sp³-hybridized carbons (Fsp3) is 0.360. The smallest absolute Gasteiger partial charge is 0.256 e. The van der Waals surface area contributed by atoms with Gasteiger partial charge in [-0.05, 0) is 29.5 Å². The quantitative estimate of drug-likeness (QED) is 0.521. The van der Waals surface area contributed by atoms with Gasteiger partial charge in [-0.1, -0.05) is 58.4 Å². The second-order valence-corrected chi connectivity index (χ2v) is 8.56. The van der Waals surface area contributed by atoms with E-state index >= 15 is 0 Å². The van der Waals surface area contributed by atoms with Crippen LogP contribution in [0, 0.1) is 0 Å². The summed E-state index contributed by atoms with van der Waals surface area (Å²) in [5.74, 6) is 0.871. The summed E-state index contributed by atoms with van der Waals surface area (Å²) in [6, 6.07) is 13.4. The van der Waals surface area contributed by atoms with Crippen molar-refractivity contribution in [2.75, 3.05) is 19.5 Å². The normalized spacial score (nSPS) is 11.3. The number of H-pyrrole nitrogens is 1. The van der Waals surface area contributed by atoms with Gasteiger partial charge in [-0.25, -0.2) is 0 Å². The summed E-state index contributed by atoms with van der Waals surface area (Å²) in [5, 5.41) is 10.7.